The predicted octanol–water partition coefficient (Wildman–Crippen LogP) is 1.61. The van der Waals surface area contributed by atoms with Gasteiger partial charge in [-0.2, -0.15) is 0 Å². The molecule has 1 aliphatic rings. The molecule has 0 spiro atoms. The minimum Gasteiger partial charge on any atom is -0.458 e. The predicted molar refractivity (Wildman–Crippen MR) is 78.9 cm³/mol. The van der Waals surface area contributed by atoms with Crippen molar-refractivity contribution in [2.45, 2.75) is 51.4 Å². The van der Waals surface area contributed by atoms with Gasteiger partial charge in [0.1, 0.15) is 17.6 Å². The smallest absolute Gasteiger partial charge is 0.303 e. The number of hydrogen-bond donors (Lipinski definition) is 0. The van der Waals surface area contributed by atoms with E-state index in [0.717, 1.165) is 5.75 Å². The summed E-state index contributed by atoms with van der Waals surface area (Å²) in [4.78, 5) is 22.7. The maximum atomic E-state index is 11.4. The highest BCUT2D eigenvalue weighted by Crippen LogP contribution is 2.35. The molecule has 0 amide bonds. The molecule has 0 aliphatic carbocycles. The third kappa shape index (κ3) is 5.16. The molecule has 21 heavy (non-hydrogen) atoms. The molecule has 5 atom stereocenters. The molecule has 6 nitrogen and oxygen atoms in total. The van der Waals surface area contributed by atoms with Gasteiger partial charge in [-0.25, -0.2) is 0 Å². The summed E-state index contributed by atoms with van der Waals surface area (Å²) in [6, 6.07) is 0. The van der Waals surface area contributed by atoms with E-state index in [1.54, 1.807) is 18.9 Å². The summed E-state index contributed by atoms with van der Waals surface area (Å²) < 4.78 is 21.9. The normalized spacial score (nSPS) is 32.5. The van der Waals surface area contributed by atoms with Crippen molar-refractivity contribution >= 4 is 23.7 Å². The Kier molecular flexibility index (Phi) is 7.48. The molecular formula is C14H24O6S. The van der Waals surface area contributed by atoms with Crippen molar-refractivity contribution in [1.29, 1.82) is 0 Å². The van der Waals surface area contributed by atoms with Crippen molar-refractivity contribution in [2.24, 2.45) is 5.92 Å². The second-order valence-electron chi connectivity index (χ2n) is 4.96. The second kappa shape index (κ2) is 8.60. The van der Waals surface area contributed by atoms with E-state index in [2.05, 4.69) is 0 Å². The third-order valence-corrected chi connectivity index (χ3v) is 4.41. The average molecular weight is 320 g/mol. The number of thioether (sulfide) groups is 1. The number of hydrogen-bond acceptors (Lipinski definition) is 7. The first-order valence-electron chi connectivity index (χ1n) is 7.01. The maximum absolute atomic E-state index is 11.4. The van der Waals surface area contributed by atoms with Crippen molar-refractivity contribution in [3.05, 3.63) is 0 Å². The van der Waals surface area contributed by atoms with Crippen LogP contribution >= 0.6 is 11.8 Å². The molecule has 0 aromatic carbocycles. The molecule has 0 aromatic rings. The van der Waals surface area contributed by atoms with Crippen molar-refractivity contribution in [1.82, 2.24) is 0 Å². The Balaban J connectivity index is 2.99. The van der Waals surface area contributed by atoms with Crippen molar-refractivity contribution in [3.8, 4) is 0 Å². The van der Waals surface area contributed by atoms with E-state index in [1.165, 1.54) is 13.8 Å². The number of carbonyl (C=O) groups excluding carboxylic acids is 2. The number of esters is 2. The van der Waals surface area contributed by atoms with Gasteiger partial charge in [-0.05, 0) is 5.75 Å². The quantitative estimate of drug-likeness (QED) is 0.689. The fourth-order valence-electron chi connectivity index (χ4n) is 2.39. The Bertz CT molecular complexity index is 361. The van der Waals surface area contributed by atoms with Crippen LogP contribution in [0.15, 0.2) is 0 Å². The second-order valence-corrected chi connectivity index (χ2v) is 6.34. The van der Waals surface area contributed by atoms with E-state index in [4.69, 9.17) is 18.9 Å². The summed E-state index contributed by atoms with van der Waals surface area (Å²) in [5.74, 6) is -0.0472. The van der Waals surface area contributed by atoms with Gasteiger partial charge in [-0.3, -0.25) is 9.59 Å². The summed E-state index contributed by atoms with van der Waals surface area (Å²) in [5.41, 5.74) is -0.133. The molecule has 0 aromatic heterocycles. The minimum atomic E-state index is -0.657. The number of carbonyl (C=O) groups is 2. The van der Waals surface area contributed by atoms with E-state index in [0.29, 0.717) is 0 Å². The molecule has 0 radical (unpaired) electrons. The van der Waals surface area contributed by atoms with Crippen LogP contribution in [0.25, 0.3) is 0 Å². The van der Waals surface area contributed by atoms with Crippen molar-refractivity contribution in [3.63, 3.8) is 0 Å². The summed E-state index contributed by atoms with van der Waals surface area (Å²) in [5, 5.41) is 0. The highest BCUT2D eigenvalue weighted by molar-refractivity contribution is 7.99. The topological polar surface area (TPSA) is 71.1 Å². The van der Waals surface area contributed by atoms with Gasteiger partial charge in [0.05, 0.1) is 6.61 Å². The largest absolute Gasteiger partial charge is 0.458 e. The molecule has 0 bridgehead atoms. The highest BCUT2D eigenvalue weighted by Gasteiger charge is 2.47. The lowest BCUT2D eigenvalue weighted by molar-refractivity contribution is -0.216. The van der Waals surface area contributed by atoms with E-state index < -0.39 is 30.3 Å². The van der Waals surface area contributed by atoms with Crippen molar-refractivity contribution in [2.75, 3.05) is 19.5 Å². The average Bonchev–Trinajstić information content (AvgIpc) is 2.38. The molecule has 1 aliphatic heterocycles. The molecule has 1 heterocycles. The zero-order chi connectivity index (χ0) is 16.0. The number of rotatable bonds is 6. The Morgan fingerprint density at radius 2 is 1.71 bits per heavy atom. The lowest BCUT2D eigenvalue weighted by Gasteiger charge is -2.44. The third-order valence-electron chi connectivity index (χ3n) is 3.21. The van der Waals surface area contributed by atoms with Crippen LogP contribution in [0, 0.1) is 5.92 Å². The molecule has 1 fully saturated rings. The first kappa shape index (κ1) is 18.3. The zero-order valence-corrected chi connectivity index (χ0v) is 14.0. The Hall–Kier alpha value is -0.790. The van der Waals surface area contributed by atoms with Crippen molar-refractivity contribution < 1.29 is 28.5 Å². The van der Waals surface area contributed by atoms with Gasteiger partial charge in [0.2, 0.25) is 0 Å². The fraction of sp³-hybridized carbons (Fsp3) is 0.857. The lowest BCUT2D eigenvalue weighted by atomic mass is 9.93. The lowest BCUT2D eigenvalue weighted by Crippen LogP contribution is -2.57. The van der Waals surface area contributed by atoms with E-state index in [9.17, 15) is 9.59 Å². The van der Waals surface area contributed by atoms with Gasteiger partial charge in [0.15, 0.2) is 6.10 Å². The van der Waals surface area contributed by atoms with Crippen LogP contribution in [0.4, 0.5) is 0 Å². The monoisotopic (exact) mass is 320 g/mol. The SMILES string of the molecule is CCSC1OC(COC)[C@@H](OC(C)=O)[C@H](OC(C)=O)[C@@H]1C. The van der Waals surface area contributed by atoms with Crippen LogP contribution in [-0.4, -0.2) is 55.2 Å². The first-order chi connectivity index (χ1) is 9.90. The minimum absolute atomic E-state index is 0.0868. The first-order valence-corrected chi connectivity index (χ1v) is 8.06. The van der Waals surface area contributed by atoms with Crippen LogP contribution in [0.1, 0.15) is 27.7 Å². The molecule has 7 heteroatoms. The van der Waals surface area contributed by atoms with Crippen LogP contribution in [0.2, 0.25) is 0 Å². The number of methoxy groups -OCH3 is 1. The van der Waals surface area contributed by atoms with Gasteiger partial charge < -0.3 is 18.9 Å². The van der Waals surface area contributed by atoms with E-state index in [1.807, 2.05) is 13.8 Å². The van der Waals surface area contributed by atoms with E-state index in [-0.39, 0.29) is 18.0 Å². The fourth-order valence-corrected chi connectivity index (χ4v) is 3.40. The summed E-state index contributed by atoms with van der Waals surface area (Å²) >= 11 is 1.63. The van der Waals surface area contributed by atoms with E-state index >= 15 is 0 Å². The molecule has 122 valence electrons. The summed E-state index contributed by atoms with van der Waals surface area (Å²) in [6.45, 7) is 6.90. The Morgan fingerprint density at radius 3 is 2.19 bits per heavy atom. The molecule has 0 saturated carbocycles. The van der Waals surface area contributed by atoms with Crippen LogP contribution in [0.5, 0.6) is 0 Å². The summed E-state index contributed by atoms with van der Waals surface area (Å²) in [6.07, 6.45) is -1.65. The number of ether oxygens (including phenoxy) is 4. The molecule has 1 rings (SSSR count). The Morgan fingerprint density at radius 1 is 1.14 bits per heavy atom. The van der Waals surface area contributed by atoms with Gasteiger partial charge in [-0.15, -0.1) is 11.8 Å². The molecule has 2 unspecified atom stereocenters. The van der Waals surface area contributed by atoms with Crippen LogP contribution in [0.3, 0.4) is 0 Å². The zero-order valence-electron chi connectivity index (χ0n) is 13.2. The Labute approximate surface area is 129 Å². The van der Waals surface area contributed by atoms with Gasteiger partial charge in [-0.1, -0.05) is 13.8 Å². The molecular weight excluding hydrogens is 296 g/mol. The highest BCUT2D eigenvalue weighted by atomic mass is 32.2. The van der Waals surface area contributed by atoms with Gasteiger partial charge in [0, 0.05) is 26.9 Å². The van der Waals surface area contributed by atoms with Gasteiger partial charge in [0.25, 0.3) is 0 Å². The van der Waals surface area contributed by atoms with Crippen LogP contribution in [-0.2, 0) is 28.5 Å². The van der Waals surface area contributed by atoms with Gasteiger partial charge >= 0.3 is 11.9 Å². The molecule has 0 N–H and O–H groups in total. The maximum Gasteiger partial charge on any atom is 0.303 e. The summed E-state index contributed by atoms with van der Waals surface area (Å²) in [7, 11) is 1.55. The molecule has 1 saturated heterocycles. The van der Waals surface area contributed by atoms with Crippen LogP contribution < -0.4 is 0 Å². The standard InChI is InChI=1S/C14H24O6S/c1-6-21-14-8(2)12(18-9(3)15)13(19-10(4)16)11(20-14)7-17-5/h8,11-14H,6-7H2,1-5H3/t8-,11?,12+,13+,14?/m0/s1.